The summed E-state index contributed by atoms with van der Waals surface area (Å²) in [4.78, 5) is 5.17. The Bertz CT molecular complexity index is 3360. The van der Waals surface area contributed by atoms with Crippen molar-refractivity contribution in [1.29, 1.82) is 0 Å². The van der Waals surface area contributed by atoms with E-state index < -0.39 is 0 Å². The van der Waals surface area contributed by atoms with Crippen molar-refractivity contribution in [3.8, 4) is 11.1 Å². The van der Waals surface area contributed by atoms with E-state index in [-0.39, 0.29) is 28.4 Å². The molecule has 0 bridgehead atoms. The van der Waals surface area contributed by atoms with Gasteiger partial charge in [-0.3, -0.25) is 0 Å². The molecule has 0 atom stereocenters. The lowest BCUT2D eigenvalue weighted by Crippen LogP contribution is -2.60. The molecule has 7 aromatic carbocycles. The molecule has 324 valence electrons. The van der Waals surface area contributed by atoms with Gasteiger partial charge in [-0.05, 0) is 121 Å². The third kappa shape index (κ3) is 6.59. The fraction of sp³-hybridized carbons (Fsp3) is 0.267. The molecule has 0 saturated heterocycles. The van der Waals surface area contributed by atoms with Crippen molar-refractivity contribution in [3.05, 3.63) is 162 Å². The highest BCUT2D eigenvalue weighted by Crippen LogP contribution is 2.52. The molecule has 11 rings (SSSR count). The van der Waals surface area contributed by atoms with Gasteiger partial charge in [-0.1, -0.05) is 162 Å². The summed E-state index contributed by atoms with van der Waals surface area (Å²) in [7, 11) is 0. The van der Waals surface area contributed by atoms with Crippen LogP contribution in [-0.2, 0) is 21.7 Å². The van der Waals surface area contributed by atoms with Crippen LogP contribution in [-0.4, -0.2) is 6.71 Å². The summed E-state index contributed by atoms with van der Waals surface area (Å²) in [6.45, 7) is 27.8. The Morgan fingerprint density at radius 3 is 1.68 bits per heavy atom. The van der Waals surface area contributed by atoms with Crippen molar-refractivity contribution in [1.82, 2.24) is 0 Å². The highest BCUT2D eigenvalue weighted by Gasteiger charge is 2.46. The third-order valence-electron chi connectivity index (χ3n) is 14.1. The van der Waals surface area contributed by atoms with Crippen LogP contribution in [0.1, 0.15) is 105 Å². The number of benzene rings is 7. The van der Waals surface area contributed by atoms with Crippen LogP contribution < -0.4 is 25.5 Å². The van der Waals surface area contributed by atoms with Gasteiger partial charge in [0.1, 0.15) is 11.2 Å². The quantitative estimate of drug-likeness (QED) is 0.165. The first-order valence-electron chi connectivity index (χ1n) is 23.4. The Labute approximate surface area is 389 Å². The Balaban J connectivity index is 1.26. The lowest BCUT2D eigenvalue weighted by atomic mass is 9.36. The second kappa shape index (κ2) is 14.2. The van der Waals surface area contributed by atoms with Crippen molar-refractivity contribution in [2.45, 2.75) is 105 Å². The highest BCUT2D eigenvalue weighted by molar-refractivity contribution is 7.34. The molecule has 2 aliphatic heterocycles. The fourth-order valence-corrected chi connectivity index (χ4v) is 11.8. The standard InChI is InChI=1S/C60H59BN2OS/c1-57(2,3)37-22-20-36(21-23-37)44-34-39(59(7,8)9)26-31-46(44)63-49-18-15-17-48-53(49)61(56-54(63)43-30-33-51-52(55(43)65-56)42-16-13-14-19-50(42)64-51)45-35-40(60(10,11)12)27-32-47(45)62(48)41-28-24-38(25-29-41)58(4,5)6/h13-35H,1-12H3. The zero-order valence-corrected chi connectivity index (χ0v) is 40.9. The summed E-state index contributed by atoms with van der Waals surface area (Å²) in [6.07, 6.45) is 0. The smallest absolute Gasteiger partial charge is 0.264 e. The molecule has 3 nitrogen and oxygen atoms in total. The van der Waals surface area contributed by atoms with Gasteiger partial charge in [0, 0.05) is 53.9 Å². The first kappa shape index (κ1) is 41.7. The fourth-order valence-electron chi connectivity index (χ4n) is 10.4. The van der Waals surface area contributed by atoms with Crippen molar-refractivity contribution in [3.63, 3.8) is 0 Å². The summed E-state index contributed by atoms with van der Waals surface area (Å²) < 4.78 is 9.23. The van der Waals surface area contributed by atoms with E-state index >= 15 is 0 Å². The molecule has 9 aromatic rings. The molecule has 0 saturated carbocycles. The number of anilines is 6. The Hall–Kier alpha value is -6.04. The summed E-state index contributed by atoms with van der Waals surface area (Å²) in [5, 5.41) is 3.61. The van der Waals surface area contributed by atoms with Crippen LogP contribution in [0.2, 0.25) is 0 Å². The number of nitrogens with zero attached hydrogens (tertiary/aromatic N) is 2. The summed E-state index contributed by atoms with van der Waals surface area (Å²) in [5.74, 6) is 0. The van der Waals surface area contributed by atoms with Crippen LogP contribution >= 0.6 is 11.3 Å². The molecule has 0 radical (unpaired) electrons. The molecule has 5 heteroatoms. The van der Waals surface area contributed by atoms with Gasteiger partial charge in [0.15, 0.2) is 0 Å². The zero-order chi connectivity index (χ0) is 45.5. The number of hydrogen-bond donors (Lipinski definition) is 0. The molecule has 0 unspecified atom stereocenters. The van der Waals surface area contributed by atoms with E-state index in [1.165, 1.54) is 98.7 Å². The minimum Gasteiger partial charge on any atom is -0.456 e. The number of hydrogen-bond acceptors (Lipinski definition) is 4. The van der Waals surface area contributed by atoms with E-state index in [0.717, 1.165) is 16.6 Å². The average Bonchev–Trinajstić information content (AvgIpc) is 3.84. The van der Waals surface area contributed by atoms with Gasteiger partial charge in [-0.2, -0.15) is 0 Å². The summed E-state index contributed by atoms with van der Waals surface area (Å²) in [6, 6.07) is 53.3. The van der Waals surface area contributed by atoms with Crippen LogP contribution in [0.3, 0.4) is 0 Å². The Kier molecular flexibility index (Phi) is 9.12. The van der Waals surface area contributed by atoms with Gasteiger partial charge in [0.25, 0.3) is 6.71 Å². The molecular weight excluding hydrogens is 808 g/mol. The topological polar surface area (TPSA) is 19.6 Å². The lowest BCUT2D eigenvalue weighted by Gasteiger charge is -2.44. The van der Waals surface area contributed by atoms with Gasteiger partial charge in [-0.25, -0.2) is 0 Å². The summed E-state index contributed by atoms with van der Waals surface area (Å²) >= 11 is 1.96. The maximum atomic E-state index is 6.59. The molecule has 2 aliphatic rings. The molecule has 4 heterocycles. The van der Waals surface area contributed by atoms with Crippen LogP contribution in [0, 0.1) is 0 Å². The van der Waals surface area contributed by atoms with E-state index in [1.807, 2.05) is 11.3 Å². The SMILES string of the molecule is CC(C)(C)c1ccc(-c2cc(C(C)(C)C)ccc2N2c3cccc4c3B(c3cc(C(C)(C)C)ccc3N4c3ccc(C(C)(C)C)cc3)c3sc4c(ccc5oc6ccccc6c54)c32)cc1. The van der Waals surface area contributed by atoms with E-state index in [4.69, 9.17) is 4.42 Å². The van der Waals surface area contributed by atoms with Crippen molar-refractivity contribution in [2.24, 2.45) is 0 Å². The number of fused-ring (bicyclic) bond motifs is 10. The average molecular weight is 867 g/mol. The largest absolute Gasteiger partial charge is 0.456 e. The van der Waals surface area contributed by atoms with Gasteiger partial charge >= 0.3 is 0 Å². The van der Waals surface area contributed by atoms with Gasteiger partial charge in [0.2, 0.25) is 0 Å². The van der Waals surface area contributed by atoms with E-state index in [2.05, 4.69) is 232 Å². The number of furan rings is 1. The maximum Gasteiger partial charge on any atom is 0.264 e. The van der Waals surface area contributed by atoms with Gasteiger partial charge in [0.05, 0.1) is 11.4 Å². The summed E-state index contributed by atoms with van der Waals surface area (Å²) in [5.41, 5.74) is 19.6. The number of rotatable bonds is 3. The van der Waals surface area contributed by atoms with Crippen LogP contribution in [0.25, 0.3) is 43.2 Å². The van der Waals surface area contributed by atoms with Gasteiger partial charge in [-0.15, -0.1) is 11.3 Å². The second-order valence-corrected chi connectivity index (χ2v) is 23.7. The molecule has 0 N–H and O–H groups in total. The first-order chi connectivity index (χ1) is 30.8. The van der Waals surface area contributed by atoms with E-state index in [1.54, 1.807) is 0 Å². The zero-order valence-electron chi connectivity index (χ0n) is 40.1. The predicted octanol–water partition coefficient (Wildman–Crippen LogP) is 15.7. The highest BCUT2D eigenvalue weighted by atomic mass is 32.1. The molecule has 0 amide bonds. The molecule has 2 aromatic heterocycles. The lowest BCUT2D eigenvalue weighted by molar-refractivity contribution is 0.590. The second-order valence-electron chi connectivity index (χ2n) is 22.7. The number of para-hydroxylation sites is 1. The van der Waals surface area contributed by atoms with Crippen molar-refractivity contribution < 1.29 is 4.42 Å². The first-order valence-corrected chi connectivity index (χ1v) is 24.2. The number of thiophene rings is 1. The molecule has 0 aliphatic carbocycles. The van der Waals surface area contributed by atoms with Crippen LogP contribution in [0.4, 0.5) is 34.1 Å². The minimum atomic E-state index is -0.0385. The minimum absolute atomic E-state index is 0.00355. The molecule has 0 fully saturated rings. The normalized spacial score (nSPS) is 14.1. The molecule has 0 spiro atoms. The monoisotopic (exact) mass is 866 g/mol. The van der Waals surface area contributed by atoms with E-state index in [9.17, 15) is 0 Å². The van der Waals surface area contributed by atoms with Gasteiger partial charge < -0.3 is 14.2 Å². The van der Waals surface area contributed by atoms with Crippen LogP contribution in [0.5, 0.6) is 0 Å². The Morgan fingerprint density at radius 1 is 0.462 bits per heavy atom. The van der Waals surface area contributed by atoms with Crippen molar-refractivity contribution in [2.75, 3.05) is 9.80 Å². The maximum absolute atomic E-state index is 6.59. The third-order valence-corrected chi connectivity index (χ3v) is 15.4. The predicted molar refractivity (Wildman–Crippen MR) is 283 cm³/mol. The van der Waals surface area contributed by atoms with Crippen molar-refractivity contribution >= 4 is 99.9 Å². The van der Waals surface area contributed by atoms with Crippen LogP contribution in [0.15, 0.2) is 144 Å². The Morgan fingerprint density at radius 2 is 1.03 bits per heavy atom. The van der Waals surface area contributed by atoms with E-state index in [0.29, 0.717) is 0 Å². The molecule has 65 heavy (non-hydrogen) atoms. The molecular formula is C60H59BN2OS.